The first kappa shape index (κ1) is 28.6. The van der Waals surface area contributed by atoms with Crippen molar-refractivity contribution in [3.8, 4) is 11.5 Å². The first-order valence-corrected chi connectivity index (χ1v) is 12.0. The van der Waals surface area contributed by atoms with E-state index in [4.69, 9.17) is 32.7 Å². The van der Waals surface area contributed by atoms with Crippen LogP contribution in [0.1, 0.15) is 43.9 Å². The lowest BCUT2D eigenvalue weighted by Crippen LogP contribution is -2.44. The Morgan fingerprint density at radius 2 is 1.14 bits per heavy atom. The Kier molecular flexibility index (Phi) is 9.25. The van der Waals surface area contributed by atoms with E-state index in [9.17, 15) is 9.59 Å². The monoisotopic (exact) mass is 576 g/mol. The lowest BCUT2D eigenvalue weighted by Gasteiger charge is -2.30. The van der Waals surface area contributed by atoms with Crippen LogP contribution in [0.5, 0.6) is 11.5 Å². The lowest BCUT2D eigenvalue weighted by atomic mass is 10.0. The Morgan fingerprint density at radius 1 is 0.750 bits per heavy atom. The second kappa shape index (κ2) is 11.6. The number of methoxy groups -OCH3 is 2. The van der Waals surface area contributed by atoms with E-state index in [2.05, 4.69) is 10.6 Å². The molecule has 36 heavy (non-hydrogen) atoms. The van der Waals surface area contributed by atoms with Crippen molar-refractivity contribution in [2.75, 3.05) is 53.5 Å². The van der Waals surface area contributed by atoms with Gasteiger partial charge in [-0.3, -0.25) is 9.59 Å². The van der Waals surface area contributed by atoms with Crippen molar-refractivity contribution in [3.63, 3.8) is 0 Å². The summed E-state index contributed by atoms with van der Waals surface area (Å²) < 4.78 is 10.5. The zero-order chi connectivity index (χ0) is 24.0. The smallest absolute Gasteiger partial charge is 0.258 e. The molecule has 196 valence electrons. The zero-order valence-corrected chi connectivity index (χ0v) is 23.0. The normalized spacial score (nSPS) is 21.1. The van der Waals surface area contributed by atoms with Gasteiger partial charge in [0.05, 0.1) is 47.5 Å². The van der Waals surface area contributed by atoms with Crippen molar-refractivity contribution < 1.29 is 19.1 Å². The van der Waals surface area contributed by atoms with Crippen LogP contribution in [0.2, 0.25) is 10.0 Å². The summed E-state index contributed by atoms with van der Waals surface area (Å²) in [5.74, 6) is 1.07. The number of amides is 2. The Balaban J connectivity index is 0.000000190. The van der Waals surface area contributed by atoms with Crippen LogP contribution in [0.4, 0.5) is 0 Å². The first-order valence-electron chi connectivity index (χ1n) is 11.2. The fourth-order valence-electron chi connectivity index (χ4n) is 5.28. The van der Waals surface area contributed by atoms with Gasteiger partial charge in [0.2, 0.25) is 0 Å². The van der Waals surface area contributed by atoms with Gasteiger partial charge in [0, 0.05) is 39.3 Å². The number of hydrogen-bond donors (Lipinski definition) is 2. The predicted molar refractivity (Wildman–Crippen MR) is 144 cm³/mol. The molecule has 4 aliphatic rings. The Morgan fingerprint density at radius 3 is 1.50 bits per heavy atom. The van der Waals surface area contributed by atoms with E-state index >= 15 is 0 Å². The lowest BCUT2D eigenvalue weighted by molar-refractivity contribution is 0.0681. The molecule has 0 spiro atoms. The van der Waals surface area contributed by atoms with Crippen LogP contribution < -0.4 is 20.1 Å². The molecule has 0 bridgehead atoms. The first-order chi connectivity index (χ1) is 16.5. The number of piperazine rings is 2. The summed E-state index contributed by atoms with van der Waals surface area (Å²) in [6, 6.07) is 7.69. The van der Waals surface area contributed by atoms with Crippen molar-refractivity contribution in [1.82, 2.24) is 20.4 Å². The molecule has 2 atom stereocenters. The molecular formula is C24H28Cl4N4O4. The molecule has 2 aromatic carbocycles. The summed E-state index contributed by atoms with van der Waals surface area (Å²) >= 11 is 12.1. The number of carbonyl (C=O) groups is 2. The van der Waals surface area contributed by atoms with E-state index in [1.54, 1.807) is 26.4 Å². The van der Waals surface area contributed by atoms with Gasteiger partial charge < -0.3 is 29.9 Å². The Bertz CT molecular complexity index is 1080. The number of halogens is 4. The molecular weight excluding hydrogens is 550 g/mol. The van der Waals surface area contributed by atoms with Gasteiger partial charge in [-0.15, -0.1) is 24.8 Å². The van der Waals surface area contributed by atoms with Crippen molar-refractivity contribution >= 4 is 59.8 Å². The quantitative estimate of drug-likeness (QED) is 0.566. The fraction of sp³-hybridized carbons (Fsp3) is 0.417. The number of ether oxygens (including phenoxy) is 2. The molecule has 2 aromatic rings. The number of nitrogens with zero attached hydrogens (tertiary/aromatic N) is 2. The molecule has 12 heteroatoms. The van der Waals surface area contributed by atoms with Gasteiger partial charge in [0.15, 0.2) is 11.5 Å². The van der Waals surface area contributed by atoms with E-state index in [-0.39, 0.29) is 48.7 Å². The second-order valence-corrected chi connectivity index (χ2v) is 9.34. The summed E-state index contributed by atoms with van der Waals surface area (Å²) in [6.45, 7) is 4.74. The predicted octanol–water partition coefficient (Wildman–Crippen LogP) is 3.74. The molecule has 0 aliphatic carbocycles. The highest BCUT2D eigenvalue weighted by molar-refractivity contribution is 6.33. The van der Waals surface area contributed by atoms with Crippen molar-refractivity contribution in [3.05, 3.63) is 56.6 Å². The summed E-state index contributed by atoms with van der Waals surface area (Å²) in [5.41, 5.74) is 3.30. The second-order valence-electron chi connectivity index (χ2n) is 8.53. The van der Waals surface area contributed by atoms with E-state index in [1.165, 1.54) is 0 Å². The maximum Gasteiger partial charge on any atom is 0.258 e. The van der Waals surface area contributed by atoms with Crippen LogP contribution in [0, 0.1) is 0 Å². The average molecular weight is 578 g/mol. The SMILES string of the molecule is COc1c(Cl)ccc2c1C(=O)N1CCNC[C@@H]21.COc1c(Cl)ccc2c1C(=O)N1CCNC[C@H]21.Cl.Cl. The highest BCUT2D eigenvalue weighted by atomic mass is 35.5. The van der Waals surface area contributed by atoms with Crippen LogP contribution >= 0.6 is 48.0 Å². The van der Waals surface area contributed by atoms with Crippen LogP contribution in [-0.2, 0) is 0 Å². The van der Waals surface area contributed by atoms with Crippen molar-refractivity contribution in [1.29, 1.82) is 0 Å². The number of benzene rings is 2. The maximum atomic E-state index is 12.3. The molecule has 2 fully saturated rings. The van der Waals surface area contributed by atoms with E-state index in [0.717, 1.165) is 50.4 Å². The van der Waals surface area contributed by atoms with E-state index < -0.39 is 0 Å². The molecule has 4 heterocycles. The van der Waals surface area contributed by atoms with E-state index in [1.807, 2.05) is 21.9 Å². The van der Waals surface area contributed by atoms with Crippen LogP contribution in [0.25, 0.3) is 0 Å². The molecule has 0 aromatic heterocycles. The summed E-state index contributed by atoms with van der Waals surface area (Å²) in [5, 5.41) is 7.59. The number of nitrogens with one attached hydrogen (secondary N) is 2. The third-order valence-electron chi connectivity index (χ3n) is 6.85. The summed E-state index contributed by atoms with van der Waals surface area (Å²) in [7, 11) is 3.09. The van der Waals surface area contributed by atoms with Crippen molar-refractivity contribution in [2.24, 2.45) is 0 Å². The molecule has 8 nitrogen and oxygen atoms in total. The Labute approximate surface area is 232 Å². The topological polar surface area (TPSA) is 83.1 Å². The standard InChI is InChI=1S/2C12H13ClN2O2.2ClH/c2*1-17-11-8(13)3-2-7-9-6-14-4-5-15(9)12(16)10(7)11;;/h2*2-3,9,14H,4-6H2,1H3;2*1H/t2*9-;;/m10../s1. The zero-order valence-electron chi connectivity index (χ0n) is 19.8. The van der Waals surface area contributed by atoms with Crippen molar-refractivity contribution in [2.45, 2.75) is 12.1 Å². The molecule has 0 unspecified atom stereocenters. The largest absolute Gasteiger partial charge is 0.494 e. The number of hydrogen-bond acceptors (Lipinski definition) is 6. The van der Waals surface area contributed by atoms with E-state index in [0.29, 0.717) is 32.7 Å². The average Bonchev–Trinajstić information content (AvgIpc) is 3.32. The van der Waals surface area contributed by atoms with Gasteiger partial charge in [0.1, 0.15) is 0 Å². The molecule has 0 radical (unpaired) electrons. The minimum absolute atomic E-state index is 0. The summed E-state index contributed by atoms with van der Waals surface area (Å²) in [4.78, 5) is 28.4. The molecule has 2 amide bonds. The van der Waals surface area contributed by atoms with Gasteiger partial charge >= 0.3 is 0 Å². The fourth-order valence-corrected chi connectivity index (χ4v) is 5.75. The maximum absolute atomic E-state index is 12.3. The number of rotatable bonds is 2. The Hall–Kier alpha value is -1.94. The van der Waals surface area contributed by atoms with Gasteiger partial charge in [0.25, 0.3) is 11.8 Å². The minimum Gasteiger partial charge on any atom is -0.494 e. The van der Waals surface area contributed by atoms with Gasteiger partial charge in [-0.25, -0.2) is 0 Å². The van der Waals surface area contributed by atoms with Gasteiger partial charge in [-0.1, -0.05) is 35.3 Å². The molecule has 2 N–H and O–H groups in total. The molecule has 2 saturated heterocycles. The minimum atomic E-state index is 0. The van der Waals surface area contributed by atoms with Crippen LogP contribution in [-0.4, -0.2) is 75.1 Å². The third kappa shape index (κ3) is 4.59. The highest BCUT2D eigenvalue weighted by Crippen LogP contribution is 2.43. The van der Waals surface area contributed by atoms with Gasteiger partial charge in [-0.05, 0) is 23.3 Å². The summed E-state index contributed by atoms with van der Waals surface area (Å²) in [6.07, 6.45) is 0. The van der Waals surface area contributed by atoms with Crippen LogP contribution in [0.15, 0.2) is 24.3 Å². The number of fused-ring (bicyclic) bond motifs is 6. The number of carbonyl (C=O) groups excluding carboxylic acids is 2. The molecule has 4 aliphatic heterocycles. The van der Waals surface area contributed by atoms with Crippen LogP contribution in [0.3, 0.4) is 0 Å². The third-order valence-corrected chi connectivity index (χ3v) is 7.44. The highest BCUT2D eigenvalue weighted by Gasteiger charge is 2.41. The molecule has 0 saturated carbocycles. The molecule has 6 rings (SSSR count). The van der Waals surface area contributed by atoms with Gasteiger partial charge in [-0.2, -0.15) is 0 Å².